The summed E-state index contributed by atoms with van der Waals surface area (Å²) in [6, 6.07) is 0. The van der Waals surface area contributed by atoms with E-state index in [0.29, 0.717) is 0 Å². The Morgan fingerprint density at radius 2 is 1.80 bits per heavy atom. The van der Waals surface area contributed by atoms with E-state index >= 15 is 0 Å². The molecule has 0 aromatic rings. The predicted octanol–water partition coefficient (Wildman–Crippen LogP) is 3.48. The molecule has 0 aromatic carbocycles. The lowest BCUT2D eigenvalue weighted by molar-refractivity contribution is 1.04. The molecule has 56 valence electrons. The van der Waals surface area contributed by atoms with Gasteiger partial charge in [-0.3, -0.25) is 0 Å². The summed E-state index contributed by atoms with van der Waals surface area (Å²) in [5, 5.41) is 0. The maximum atomic E-state index is 3.63. The van der Waals surface area contributed by atoms with Gasteiger partial charge in [-0.25, -0.2) is 0 Å². The van der Waals surface area contributed by atoms with Gasteiger partial charge in [0.25, 0.3) is 0 Å². The molecule has 0 aliphatic rings. The molecule has 0 nitrogen and oxygen atoms in total. The van der Waals surface area contributed by atoms with Crippen molar-refractivity contribution in [2.45, 2.75) is 26.2 Å². The van der Waals surface area contributed by atoms with E-state index < -0.39 is 0 Å². The molecule has 0 N–H and O–H groups in total. The normalized spacial score (nSPS) is 11.3. The van der Waals surface area contributed by atoms with E-state index in [-0.39, 0.29) is 0 Å². The lowest BCUT2D eigenvalue weighted by Crippen LogP contribution is -1.63. The zero-order chi connectivity index (χ0) is 7.66. The minimum Gasteiger partial charge on any atom is -0.103 e. The van der Waals surface area contributed by atoms with Crippen molar-refractivity contribution in [1.29, 1.82) is 0 Å². The largest absolute Gasteiger partial charge is 0.103 e. The molecule has 0 bridgehead atoms. The molecule has 0 amide bonds. The van der Waals surface area contributed by atoms with Crippen LogP contribution in [0.5, 0.6) is 0 Å². The first-order chi connectivity index (χ1) is 4.91. The van der Waals surface area contributed by atoms with Crippen LogP contribution in [0.15, 0.2) is 37.0 Å². The maximum Gasteiger partial charge on any atom is -0.0172 e. The van der Waals surface area contributed by atoms with Gasteiger partial charge in [0, 0.05) is 0 Å². The van der Waals surface area contributed by atoms with Gasteiger partial charge in [0.05, 0.1) is 0 Å². The Bertz CT molecular complexity index is 118. The van der Waals surface area contributed by atoms with Crippen LogP contribution in [0.3, 0.4) is 0 Å². The second-order valence-electron chi connectivity index (χ2n) is 2.14. The van der Waals surface area contributed by atoms with Crippen molar-refractivity contribution in [2.24, 2.45) is 0 Å². The minimum atomic E-state index is 0.996. The Morgan fingerprint density at radius 1 is 1.10 bits per heavy atom. The Morgan fingerprint density at radius 3 is 2.40 bits per heavy atom. The zero-order valence-electron chi connectivity index (χ0n) is 6.72. The van der Waals surface area contributed by atoms with Crippen molar-refractivity contribution in [2.75, 3.05) is 0 Å². The van der Waals surface area contributed by atoms with Crippen LogP contribution in [-0.4, -0.2) is 0 Å². The van der Waals surface area contributed by atoms with Crippen molar-refractivity contribution in [1.82, 2.24) is 0 Å². The van der Waals surface area contributed by atoms with Crippen LogP contribution in [0, 0.1) is 0 Å². The zero-order valence-corrected chi connectivity index (χ0v) is 6.72. The highest BCUT2D eigenvalue weighted by atomic mass is 13.8. The standard InChI is InChI=1S/C10H16/c1-3-5-7-9-10-8-6-4-2/h3-4,6-7,9H,1,5,8,10H2,2H3. The van der Waals surface area contributed by atoms with E-state index in [0.717, 1.165) is 19.3 Å². The molecule has 0 unspecified atom stereocenters. The fourth-order valence-electron chi connectivity index (χ4n) is 0.669. The quantitative estimate of drug-likeness (QED) is 0.401. The molecule has 0 fully saturated rings. The number of rotatable bonds is 5. The van der Waals surface area contributed by atoms with Gasteiger partial charge in [-0.1, -0.05) is 30.4 Å². The monoisotopic (exact) mass is 136 g/mol. The van der Waals surface area contributed by atoms with Crippen LogP contribution in [0.4, 0.5) is 0 Å². The van der Waals surface area contributed by atoms with Gasteiger partial charge in [0.2, 0.25) is 0 Å². The molecule has 0 spiro atoms. The molecular formula is C10H16. The van der Waals surface area contributed by atoms with Crippen LogP contribution in [0.2, 0.25) is 0 Å². The lowest BCUT2D eigenvalue weighted by atomic mass is 10.2. The third kappa shape index (κ3) is 7.22. The molecule has 0 saturated carbocycles. The first-order valence-corrected chi connectivity index (χ1v) is 3.79. The summed E-state index contributed by atoms with van der Waals surface area (Å²) in [5.74, 6) is 0. The van der Waals surface area contributed by atoms with Gasteiger partial charge >= 0.3 is 0 Å². The highest BCUT2D eigenvalue weighted by Crippen LogP contribution is 1.93. The Kier molecular flexibility index (Phi) is 7.58. The van der Waals surface area contributed by atoms with E-state index in [1.807, 2.05) is 13.0 Å². The maximum absolute atomic E-state index is 3.63. The Balaban J connectivity index is 3.09. The number of hydrogen-bond donors (Lipinski definition) is 0. The van der Waals surface area contributed by atoms with Crippen molar-refractivity contribution < 1.29 is 0 Å². The van der Waals surface area contributed by atoms with Gasteiger partial charge in [0.1, 0.15) is 0 Å². The average Bonchev–Trinajstić information content (AvgIpc) is 1.97. The van der Waals surface area contributed by atoms with Crippen LogP contribution in [0.25, 0.3) is 0 Å². The van der Waals surface area contributed by atoms with Crippen LogP contribution >= 0.6 is 0 Å². The molecule has 0 aromatic heterocycles. The summed E-state index contributed by atoms with van der Waals surface area (Å²) >= 11 is 0. The van der Waals surface area contributed by atoms with Crippen molar-refractivity contribution in [3.05, 3.63) is 37.0 Å². The van der Waals surface area contributed by atoms with Crippen molar-refractivity contribution in [3.63, 3.8) is 0 Å². The minimum absolute atomic E-state index is 0.996. The molecule has 0 aliphatic heterocycles. The van der Waals surface area contributed by atoms with Crippen LogP contribution in [0.1, 0.15) is 26.2 Å². The van der Waals surface area contributed by atoms with Crippen molar-refractivity contribution >= 4 is 0 Å². The first kappa shape index (κ1) is 9.22. The fourth-order valence-corrected chi connectivity index (χ4v) is 0.669. The second kappa shape index (κ2) is 8.22. The van der Waals surface area contributed by atoms with Gasteiger partial charge in [-0.05, 0) is 26.2 Å². The summed E-state index contributed by atoms with van der Waals surface area (Å²) in [4.78, 5) is 0. The van der Waals surface area contributed by atoms with E-state index in [4.69, 9.17) is 0 Å². The van der Waals surface area contributed by atoms with Crippen LogP contribution in [-0.2, 0) is 0 Å². The number of unbranched alkanes of at least 4 members (excludes halogenated alkanes) is 1. The molecule has 0 aliphatic carbocycles. The lowest BCUT2D eigenvalue weighted by Gasteiger charge is -1.84. The average molecular weight is 136 g/mol. The summed E-state index contributed by atoms with van der Waals surface area (Å²) in [6.45, 7) is 5.68. The highest BCUT2D eigenvalue weighted by molar-refractivity contribution is 4.90. The molecule has 0 saturated heterocycles. The molecule has 0 rings (SSSR count). The first-order valence-electron chi connectivity index (χ1n) is 3.79. The predicted molar refractivity (Wildman–Crippen MR) is 48.0 cm³/mol. The molecule has 0 radical (unpaired) electrons. The second-order valence-corrected chi connectivity index (χ2v) is 2.14. The SMILES string of the molecule is C=CCC=CCCC=CC. The smallest absolute Gasteiger partial charge is 0.0172 e. The summed E-state index contributed by atoms with van der Waals surface area (Å²) in [6.07, 6.45) is 13.8. The number of hydrogen-bond acceptors (Lipinski definition) is 0. The topological polar surface area (TPSA) is 0 Å². The fraction of sp³-hybridized carbons (Fsp3) is 0.400. The molecule has 0 atom stereocenters. The highest BCUT2D eigenvalue weighted by Gasteiger charge is 1.73. The molecule has 0 heterocycles. The third-order valence-corrected chi connectivity index (χ3v) is 1.21. The van der Waals surface area contributed by atoms with Gasteiger partial charge < -0.3 is 0 Å². The van der Waals surface area contributed by atoms with Crippen molar-refractivity contribution in [3.8, 4) is 0 Å². The van der Waals surface area contributed by atoms with Gasteiger partial charge in [-0.15, -0.1) is 6.58 Å². The third-order valence-electron chi connectivity index (χ3n) is 1.21. The van der Waals surface area contributed by atoms with Gasteiger partial charge in [0.15, 0.2) is 0 Å². The summed E-state index contributed by atoms with van der Waals surface area (Å²) in [5.41, 5.74) is 0. The Hall–Kier alpha value is -0.780. The van der Waals surface area contributed by atoms with E-state index in [1.165, 1.54) is 0 Å². The van der Waals surface area contributed by atoms with Crippen LogP contribution < -0.4 is 0 Å². The van der Waals surface area contributed by atoms with E-state index in [9.17, 15) is 0 Å². The summed E-state index contributed by atoms with van der Waals surface area (Å²) < 4.78 is 0. The van der Waals surface area contributed by atoms with E-state index in [1.54, 1.807) is 0 Å². The molecular weight excluding hydrogens is 120 g/mol. The Labute approximate surface area is 64.0 Å². The summed E-state index contributed by atoms with van der Waals surface area (Å²) in [7, 11) is 0. The van der Waals surface area contributed by atoms with Gasteiger partial charge in [-0.2, -0.15) is 0 Å². The molecule has 0 heteroatoms. The molecule has 10 heavy (non-hydrogen) atoms. The van der Waals surface area contributed by atoms with E-state index in [2.05, 4.69) is 30.9 Å². The number of allylic oxidation sites excluding steroid dienone is 5.